The molecule has 3 rings (SSSR count). The Morgan fingerprint density at radius 3 is 2.36 bits per heavy atom. The topological polar surface area (TPSA) is 79.0 Å². The molecule has 0 radical (unpaired) electrons. The smallest absolute Gasteiger partial charge is 0.339 e. The minimum atomic E-state index is -0.494. The summed E-state index contributed by atoms with van der Waals surface area (Å²) in [5, 5.41) is 2.80. The van der Waals surface area contributed by atoms with Crippen molar-refractivity contribution in [3.8, 4) is 0 Å². The fraction of sp³-hybridized carbons (Fsp3) is 0.286. The Kier molecular flexibility index (Phi) is 5.93. The SMILES string of the molecule is COC(=O)c1ccccc1NC(=O)N1CCN(c2cccc(C(C)=O)c2)CC1. The average molecular weight is 381 g/mol. The molecule has 7 heteroatoms. The van der Waals surface area contributed by atoms with E-state index in [9.17, 15) is 14.4 Å². The summed E-state index contributed by atoms with van der Waals surface area (Å²) in [6, 6.07) is 14.0. The number of carbonyl (C=O) groups is 3. The monoisotopic (exact) mass is 381 g/mol. The number of amides is 2. The fourth-order valence-corrected chi connectivity index (χ4v) is 3.16. The molecule has 1 aliphatic rings. The van der Waals surface area contributed by atoms with Crippen molar-refractivity contribution in [3.63, 3.8) is 0 Å². The van der Waals surface area contributed by atoms with Crippen molar-refractivity contribution in [3.05, 3.63) is 59.7 Å². The van der Waals surface area contributed by atoms with Crippen molar-refractivity contribution in [2.45, 2.75) is 6.92 Å². The summed E-state index contributed by atoms with van der Waals surface area (Å²) < 4.78 is 4.76. The van der Waals surface area contributed by atoms with Crippen LogP contribution < -0.4 is 10.2 Å². The van der Waals surface area contributed by atoms with Crippen LogP contribution in [0, 0.1) is 0 Å². The lowest BCUT2D eigenvalue weighted by atomic mass is 10.1. The van der Waals surface area contributed by atoms with Gasteiger partial charge in [-0.25, -0.2) is 9.59 Å². The lowest BCUT2D eigenvalue weighted by Crippen LogP contribution is -2.50. The number of nitrogens with zero attached hydrogens (tertiary/aromatic N) is 2. The molecule has 1 N–H and O–H groups in total. The third-order valence-corrected chi connectivity index (χ3v) is 4.76. The molecular weight excluding hydrogens is 358 g/mol. The van der Waals surface area contributed by atoms with Gasteiger partial charge in [-0.3, -0.25) is 4.79 Å². The maximum Gasteiger partial charge on any atom is 0.339 e. The van der Waals surface area contributed by atoms with Gasteiger partial charge in [0.25, 0.3) is 0 Å². The van der Waals surface area contributed by atoms with E-state index in [1.54, 1.807) is 42.2 Å². The van der Waals surface area contributed by atoms with Crippen molar-refractivity contribution >= 4 is 29.2 Å². The van der Waals surface area contributed by atoms with Gasteiger partial charge in [-0.05, 0) is 31.2 Å². The second-order valence-electron chi connectivity index (χ2n) is 6.55. The molecule has 1 aliphatic heterocycles. The van der Waals surface area contributed by atoms with Gasteiger partial charge in [-0.15, -0.1) is 0 Å². The fourth-order valence-electron chi connectivity index (χ4n) is 3.16. The highest BCUT2D eigenvalue weighted by atomic mass is 16.5. The lowest BCUT2D eigenvalue weighted by molar-refractivity contribution is 0.0601. The van der Waals surface area contributed by atoms with Crippen molar-refractivity contribution in [1.29, 1.82) is 0 Å². The number of hydrogen-bond donors (Lipinski definition) is 1. The van der Waals surface area contributed by atoms with E-state index in [0.717, 1.165) is 5.69 Å². The van der Waals surface area contributed by atoms with E-state index >= 15 is 0 Å². The number of anilines is 2. The predicted octanol–water partition coefficient (Wildman–Crippen LogP) is 3.03. The summed E-state index contributed by atoms with van der Waals surface area (Å²) in [6.07, 6.45) is 0. The molecule has 146 valence electrons. The Bertz CT molecular complexity index is 889. The summed E-state index contributed by atoms with van der Waals surface area (Å²) in [5.74, 6) is -0.463. The molecule has 1 heterocycles. The maximum absolute atomic E-state index is 12.6. The number of methoxy groups -OCH3 is 1. The second-order valence-corrected chi connectivity index (χ2v) is 6.55. The van der Waals surface area contributed by atoms with Gasteiger partial charge in [0.15, 0.2) is 5.78 Å². The second kappa shape index (κ2) is 8.56. The Hall–Kier alpha value is -3.35. The van der Waals surface area contributed by atoms with Crippen molar-refractivity contribution in [2.24, 2.45) is 0 Å². The Labute approximate surface area is 163 Å². The summed E-state index contributed by atoms with van der Waals surface area (Å²) in [5.41, 5.74) is 2.40. The van der Waals surface area contributed by atoms with E-state index in [1.807, 2.05) is 18.2 Å². The third kappa shape index (κ3) is 4.31. The van der Waals surface area contributed by atoms with Gasteiger partial charge in [-0.2, -0.15) is 0 Å². The quantitative estimate of drug-likeness (QED) is 0.651. The van der Waals surface area contributed by atoms with Crippen LogP contribution in [0.5, 0.6) is 0 Å². The summed E-state index contributed by atoms with van der Waals surface area (Å²) in [7, 11) is 1.31. The number of hydrogen-bond acceptors (Lipinski definition) is 5. The zero-order valence-electron chi connectivity index (χ0n) is 16.0. The molecular formula is C21H23N3O4. The highest BCUT2D eigenvalue weighted by Gasteiger charge is 2.23. The molecule has 0 saturated carbocycles. The predicted molar refractivity (Wildman–Crippen MR) is 107 cm³/mol. The first kappa shape index (κ1) is 19.4. The van der Waals surface area contributed by atoms with Crippen LogP contribution in [0.1, 0.15) is 27.6 Å². The minimum Gasteiger partial charge on any atom is -0.465 e. The van der Waals surface area contributed by atoms with E-state index in [0.29, 0.717) is 43.0 Å². The molecule has 0 spiro atoms. The van der Waals surface area contributed by atoms with Crippen LogP contribution in [0.2, 0.25) is 0 Å². The van der Waals surface area contributed by atoms with E-state index in [-0.39, 0.29) is 11.8 Å². The molecule has 2 amide bonds. The van der Waals surface area contributed by atoms with Gasteiger partial charge < -0.3 is 19.9 Å². The highest BCUT2D eigenvalue weighted by Crippen LogP contribution is 2.20. The van der Waals surface area contributed by atoms with E-state index in [1.165, 1.54) is 7.11 Å². The van der Waals surface area contributed by atoms with Gasteiger partial charge in [0, 0.05) is 37.4 Å². The lowest BCUT2D eigenvalue weighted by Gasteiger charge is -2.36. The van der Waals surface area contributed by atoms with Crippen LogP contribution in [0.25, 0.3) is 0 Å². The van der Waals surface area contributed by atoms with Crippen molar-refractivity contribution in [2.75, 3.05) is 43.5 Å². The summed E-state index contributed by atoms with van der Waals surface area (Å²) in [6.45, 7) is 3.95. The van der Waals surface area contributed by atoms with Gasteiger partial charge in [0.1, 0.15) is 0 Å². The number of piperazine rings is 1. The largest absolute Gasteiger partial charge is 0.465 e. The van der Waals surface area contributed by atoms with Gasteiger partial charge in [0.05, 0.1) is 18.4 Å². The first-order valence-corrected chi connectivity index (χ1v) is 9.09. The molecule has 1 fully saturated rings. The number of para-hydroxylation sites is 1. The zero-order valence-corrected chi connectivity index (χ0v) is 16.0. The number of rotatable bonds is 4. The summed E-state index contributed by atoms with van der Waals surface area (Å²) >= 11 is 0. The molecule has 0 bridgehead atoms. The Morgan fingerprint density at radius 1 is 0.964 bits per heavy atom. The molecule has 2 aromatic carbocycles. The number of carbonyl (C=O) groups excluding carboxylic acids is 3. The van der Waals surface area contributed by atoms with Crippen molar-refractivity contribution < 1.29 is 19.1 Å². The highest BCUT2D eigenvalue weighted by molar-refractivity contribution is 6.00. The summed E-state index contributed by atoms with van der Waals surface area (Å²) in [4.78, 5) is 39.9. The molecule has 0 unspecified atom stereocenters. The van der Waals surface area contributed by atoms with Gasteiger partial charge >= 0.3 is 12.0 Å². The number of esters is 1. The molecule has 1 saturated heterocycles. The van der Waals surface area contributed by atoms with Crippen molar-refractivity contribution in [1.82, 2.24) is 4.90 Å². The first-order chi connectivity index (χ1) is 13.5. The van der Waals surface area contributed by atoms with Crippen LogP contribution >= 0.6 is 0 Å². The number of ketones is 1. The first-order valence-electron chi connectivity index (χ1n) is 9.09. The molecule has 0 aromatic heterocycles. The Morgan fingerprint density at radius 2 is 1.68 bits per heavy atom. The zero-order chi connectivity index (χ0) is 20.1. The maximum atomic E-state index is 12.6. The van der Waals surface area contributed by atoms with Crippen LogP contribution in [-0.4, -0.2) is 56.0 Å². The van der Waals surface area contributed by atoms with E-state index in [4.69, 9.17) is 4.74 Å². The van der Waals surface area contributed by atoms with Crippen LogP contribution in [-0.2, 0) is 4.74 Å². The third-order valence-electron chi connectivity index (χ3n) is 4.76. The Balaban J connectivity index is 1.63. The van der Waals surface area contributed by atoms with Gasteiger partial charge in [-0.1, -0.05) is 24.3 Å². The van der Waals surface area contributed by atoms with Crippen LogP contribution in [0.4, 0.5) is 16.2 Å². The number of ether oxygens (including phenoxy) is 1. The van der Waals surface area contributed by atoms with Crippen LogP contribution in [0.15, 0.2) is 48.5 Å². The number of nitrogens with one attached hydrogen (secondary N) is 1. The number of Topliss-reactive ketones (excluding diaryl/α,β-unsaturated/α-hetero) is 1. The molecule has 28 heavy (non-hydrogen) atoms. The average Bonchev–Trinajstić information content (AvgIpc) is 2.73. The van der Waals surface area contributed by atoms with E-state index in [2.05, 4.69) is 10.2 Å². The molecule has 0 atom stereocenters. The normalized spacial score (nSPS) is 13.8. The van der Waals surface area contributed by atoms with Gasteiger partial charge in [0.2, 0.25) is 0 Å². The number of benzene rings is 2. The molecule has 2 aromatic rings. The number of urea groups is 1. The molecule has 7 nitrogen and oxygen atoms in total. The molecule has 0 aliphatic carbocycles. The van der Waals surface area contributed by atoms with Crippen LogP contribution in [0.3, 0.4) is 0 Å². The standard InChI is InChI=1S/C21H23N3O4/c1-15(25)16-6-5-7-17(14-16)23-10-12-24(13-11-23)21(27)22-19-9-4-3-8-18(19)20(26)28-2/h3-9,14H,10-13H2,1-2H3,(H,22,27). The minimum absolute atomic E-state index is 0.0316. The van der Waals surface area contributed by atoms with E-state index < -0.39 is 5.97 Å².